The molecule has 0 aromatic heterocycles. The largest absolute Gasteiger partial charge is 0.508 e. The number of carbonyl (C=O) groups excluding carboxylic acids is 5. The van der Waals surface area contributed by atoms with Crippen LogP contribution in [0.25, 0.3) is 0 Å². The molecule has 6 atom stereocenters. The number of methoxy groups -OCH3 is 1. The molecule has 0 bridgehead atoms. The first-order valence-electron chi connectivity index (χ1n) is 12.4. The van der Waals surface area contributed by atoms with Gasteiger partial charge in [0.15, 0.2) is 9.75 Å². The fraction of sp³-hybridized carbons (Fsp3) is 0.321. The summed E-state index contributed by atoms with van der Waals surface area (Å²) in [6.45, 7) is 0. The van der Waals surface area contributed by atoms with Gasteiger partial charge in [0.05, 0.1) is 24.6 Å². The Balaban J connectivity index is 1.55. The molecule has 4 aliphatic rings. The third-order valence-corrected chi connectivity index (χ3v) is 9.87. The Bertz CT molecular complexity index is 1550. The molecular weight excluding hydrogens is 566 g/mol. The number of likely N-dealkylation sites (tertiary alicyclic amines) is 1. The highest BCUT2D eigenvalue weighted by atomic mass is 35.5. The van der Waals surface area contributed by atoms with Crippen molar-refractivity contribution >= 4 is 58.6 Å². The second kappa shape index (κ2) is 8.87. The quantitative estimate of drug-likeness (QED) is 0.322. The van der Waals surface area contributed by atoms with Gasteiger partial charge < -0.3 is 9.84 Å². The molecule has 40 heavy (non-hydrogen) atoms. The van der Waals surface area contributed by atoms with Crippen molar-refractivity contribution in [1.82, 2.24) is 4.90 Å². The Morgan fingerprint density at radius 3 is 2.38 bits per heavy atom. The zero-order valence-electron chi connectivity index (χ0n) is 20.8. The van der Waals surface area contributed by atoms with Crippen LogP contribution >= 0.6 is 23.2 Å². The summed E-state index contributed by atoms with van der Waals surface area (Å²) in [5, 5.41) is 10.3. The lowest BCUT2D eigenvalue weighted by Gasteiger charge is -2.50. The summed E-state index contributed by atoms with van der Waals surface area (Å²) < 4.78 is 18.3. The number of phenols is 1. The number of ether oxygens (including phenoxy) is 1. The van der Waals surface area contributed by atoms with Crippen molar-refractivity contribution in [2.75, 3.05) is 12.0 Å². The molecule has 0 radical (unpaired) electrons. The van der Waals surface area contributed by atoms with Gasteiger partial charge in [-0.05, 0) is 60.7 Å². The first-order chi connectivity index (χ1) is 19.0. The minimum atomic E-state index is -2.11. The number of phenolic OH excluding ortho intramolecular Hbond substituents is 1. The van der Waals surface area contributed by atoms with Gasteiger partial charge in [0, 0.05) is 5.92 Å². The third-order valence-electron chi connectivity index (χ3n) is 8.46. The van der Waals surface area contributed by atoms with E-state index < -0.39 is 69.0 Å². The number of allylic oxidation sites excluding steroid dienone is 2. The molecule has 5 amide bonds. The predicted octanol–water partition coefficient (Wildman–Crippen LogP) is 3.86. The maximum Gasteiger partial charge on any atom is 0.423 e. The van der Waals surface area contributed by atoms with Crippen LogP contribution in [-0.2, 0) is 23.9 Å². The number of nitrogens with zero attached hydrogens (tertiary/aromatic N) is 2. The van der Waals surface area contributed by atoms with Gasteiger partial charge in [0.1, 0.15) is 11.6 Å². The van der Waals surface area contributed by atoms with Crippen LogP contribution in [0, 0.1) is 23.6 Å². The van der Waals surface area contributed by atoms with E-state index in [-0.39, 0.29) is 24.3 Å². The van der Waals surface area contributed by atoms with Gasteiger partial charge in [-0.25, -0.2) is 14.1 Å². The lowest BCUT2D eigenvalue weighted by molar-refractivity contribution is -0.138. The smallest absolute Gasteiger partial charge is 0.423 e. The zero-order chi connectivity index (χ0) is 28.7. The van der Waals surface area contributed by atoms with Crippen LogP contribution in [0.1, 0.15) is 24.3 Å². The maximum absolute atomic E-state index is 14.1. The fourth-order valence-corrected chi connectivity index (χ4v) is 7.68. The standard InChI is InChI=1S/C28H21Cl2FN2O7/c1-40-26(39)33-22(35)18-10-9-17-19(20(18)23(33)36)12-27(29)24(37)32(15-7-5-14(31)6-8-15)25(38)28(27,30)21(17)13-3-2-4-16(34)11-13/h2-9,11,18-21,34H,10,12H2,1H3. The topological polar surface area (TPSA) is 121 Å². The van der Waals surface area contributed by atoms with Gasteiger partial charge in [-0.15, -0.1) is 23.2 Å². The van der Waals surface area contributed by atoms with Gasteiger partial charge in [0.25, 0.3) is 11.8 Å². The van der Waals surface area contributed by atoms with Gasteiger partial charge >= 0.3 is 6.09 Å². The molecule has 2 heterocycles. The highest BCUT2D eigenvalue weighted by Gasteiger charge is 2.76. The second-order valence-corrected chi connectivity index (χ2v) is 11.6. The van der Waals surface area contributed by atoms with E-state index in [0.29, 0.717) is 16.0 Å². The zero-order valence-corrected chi connectivity index (χ0v) is 22.4. The number of benzene rings is 2. The number of hydrogen-bond donors (Lipinski definition) is 1. The molecule has 12 heteroatoms. The summed E-state index contributed by atoms with van der Waals surface area (Å²) >= 11 is 14.4. The summed E-state index contributed by atoms with van der Waals surface area (Å²) in [7, 11) is 1.05. The average Bonchev–Trinajstić information content (AvgIpc) is 3.27. The summed E-state index contributed by atoms with van der Waals surface area (Å²) in [5.41, 5.74) is 0.908. The van der Waals surface area contributed by atoms with E-state index in [1.54, 1.807) is 18.2 Å². The highest BCUT2D eigenvalue weighted by Crippen LogP contribution is 2.65. The summed E-state index contributed by atoms with van der Waals surface area (Å²) in [6, 6.07) is 10.6. The minimum Gasteiger partial charge on any atom is -0.508 e. The van der Waals surface area contributed by atoms with E-state index in [0.717, 1.165) is 24.1 Å². The lowest BCUT2D eigenvalue weighted by Crippen LogP contribution is -2.60. The first-order valence-corrected chi connectivity index (χ1v) is 13.2. The molecule has 6 unspecified atom stereocenters. The number of imide groups is 4. The van der Waals surface area contributed by atoms with E-state index in [4.69, 9.17) is 23.2 Å². The average molecular weight is 587 g/mol. The van der Waals surface area contributed by atoms with E-state index >= 15 is 0 Å². The highest BCUT2D eigenvalue weighted by molar-refractivity contribution is 6.58. The van der Waals surface area contributed by atoms with E-state index in [2.05, 4.69) is 4.74 Å². The molecule has 2 aromatic carbocycles. The Hall–Kier alpha value is -3.76. The number of fused-ring (bicyclic) bond motifs is 4. The molecule has 6 rings (SSSR count). The van der Waals surface area contributed by atoms with Crippen molar-refractivity contribution < 1.29 is 38.2 Å². The second-order valence-electron chi connectivity index (χ2n) is 10.3. The number of aromatic hydroxyl groups is 1. The molecule has 2 aromatic rings. The van der Waals surface area contributed by atoms with Gasteiger partial charge in [-0.3, -0.25) is 19.2 Å². The fourth-order valence-electron chi connectivity index (χ4n) is 6.75. The molecule has 1 saturated carbocycles. The van der Waals surface area contributed by atoms with Crippen LogP contribution in [-0.4, -0.2) is 56.6 Å². The van der Waals surface area contributed by atoms with Crippen LogP contribution in [0.5, 0.6) is 5.75 Å². The molecule has 1 N–H and O–H groups in total. The van der Waals surface area contributed by atoms with Crippen molar-refractivity contribution in [3.63, 3.8) is 0 Å². The summed E-state index contributed by atoms with van der Waals surface area (Å²) in [6.07, 6.45) is 0.353. The Morgan fingerprint density at radius 1 is 1.02 bits per heavy atom. The molecule has 2 saturated heterocycles. The molecule has 3 fully saturated rings. The number of anilines is 1. The van der Waals surface area contributed by atoms with Crippen LogP contribution in [0.2, 0.25) is 0 Å². The predicted molar refractivity (Wildman–Crippen MR) is 139 cm³/mol. The molecule has 2 aliphatic carbocycles. The Morgan fingerprint density at radius 2 is 1.73 bits per heavy atom. The van der Waals surface area contributed by atoms with Crippen LogP contribution in [0.4, 0.5) is 14.9 Å². The normalized spacial score (nSPS) is 33.0. The van der Waals surface area contributed by atoms with Crippen molar-refractivity contribution in [3.05, 3.63) is 71.6 Å². The van der Waals surface area contributed by atoms with Crippen molar-refractivity contribution in [2.24, 2.45) is 17.8 Å². The van der Waals surface area contributed by atoms with E-state index in [1.807, 2.05) is 0 Å². The molecule has 206 valence electrons. The summed E-state index contributed by atoms with van der Waals surface area (Å²) in [5.74, 6) is -7.87. The van der Waals surface area contributed by atoms with Crippen molar-refractivity contribution in [1.29, 1.82) is 0 Å². The van der Waals surface area contributed by atoms with Crippen molar-refractivity contribution in [2.45, 2.75) is 28.5 Å². The molecule has 2 aliphatic heterocycles. The van der Waals surface area contributed by atoms with Gasteiger partial charge in [0.2, 0.25) is 11.8 Å². The molecule has 0 spiro atoms. The van der Waals surface area contributed by atoms with Crippen LogP contribution in [0.15, 0.2) is 60.2 Å². The summed E-state index contributed by atoms with van der Waals surface area (Å²) in [4.78, 5) is 64.1. The third kappa shape index (κ3) is 3.29. The maximum atomic E-state index is 14.1. The Kier molecular flexibility index (Phi) is 5.87. The van der Waals surface area contributed by atoms with E-state index in [9.17, 15) is 33.5 Å². The number of hydrogen-bond acceptors (Lipinski definition) is 7. The van der Waals surface area contributed by atoms with E-state index in [1.165, 1.54) is 24.3 Å². The molecular formula is C28H21Cl2FN2O7. The number of halogens is 3. The monoisotopic (exact) mass is 586 g/mol. The minimum absolute atomic E-state index is 0.0549. The molecule has 9 nitrogen and oxygen atoms in total. The number of carbonyl (C=O) groups is 5. The van der Waals surface area contributed by atoms with Gasteiger partial charge in [-0.2, -0.15) is 4.90 Å². The first kappa shape index (κ1) is 26.5. The SMILES string of the molecule is COC(=O)N1C(=O)C2CC=C3C(CC4(Cl)C(=O)N(c5ccc(F)cc5)C(=O)C4(Cl)C3c3cccc(O)c3)C2C1=O. The number of rotatable bonds is 2. The number of amides is 5. The van der Waals surface area contributed by atoms with Gasteiger partial charge in [-0.1, -0.05) is 23.8 Å². The number of alkyl halides is 2. The lowest BCUT2D eigenvalue weighted by atomic mass is 9.56. The van der Waals surface area contributed by atoms with Crippen LogP contribution < -0.4 is 4.90 Å². The Labute approximate surface area is 237 Å². The van der Waals surface area contributed by atoms with Crippen LogP contribution in [0.3, 0.4) is 0 Å². The van der Waals surface area contributed by atoms with Crippen molar-refractivity contribution in [3.8, 4) is 5.75 Å².